The molecule has 0 spiro atoms. The van der Waals surface area contributed by atoms with Crippen molar-refractivity contribution in [3.8, 4) is 17.2 Å². The molecule has 112 valence electrons. The molecule has 2 aromatic rings. The van der Waals surface area contributed by atoms with Crippen molar-refractivity contribution in [1.82, 2.24) is 0 Å². The maximum Gasteiger partial charge on any atom is 0.133 e. The maximum absolute atomic E-state index is 9.12. The van der Waals surface area contributed by atoms with Crippen LogP contribution in [0, 0.1) is 0 Å². The molecule has 21 heavy (non-hydrogen) atoms. The molecular formula is C17H20O3S. The van der Waals surface area contributed by atoms with E-state index >= 15 is 0 Å². The Hall–Kier alpha value is -2.07. The molecule has 0 aromatic heterocycles. The van der Waals surface area contributed by atoms with Crippen molar-refractivity contribution in [3.05, 3.63) is 61.2 Å². The Labute approximate surface area is 129 Å². The number of aromatic hydroxyl groups is 2. The average Bonchev–Trinajstić information content (AvgIpc) is 2.49. The fourth-order valence-corrected chi connectivity index (χ4v) is 2.32. The van der Waals surface area contributed by atoms with E-state index < -0.39 is 0 Å². The number of rotatable bonds is 0. The molecule has 0 aliphatic carbocycles. The Balaban J connectivity index is 0.000000190. The van der Waals surface area contributed by atoms with E-state index in [4.69, 9.17) is 14.9 Å². The number of phenols is 2. The molecule has 0 saturated heterocycles. The molecule has 4 heteroatoms. The van der Waals surface area contributed by atoms with Crippen LogP contribution in [0.15, 0.2) is 66.1 Å². The lowest BCUT2D eigenvalue weighted by atomic mass is 10.3. The third kappa shape index (κ3) is 6.77. The molecule has 0 fully saturated rings. The number of para-hydroxylation sites is 1. The predicted octanol–water partition coefficient (Wildman–Crippen LogP) is 4.46. The lowest BCUT2D eigenvalue weighted by Gasteiger charge is -2.15. The minimum atomic E-state index is 0.307. The van der Waals surface area contributed by atoms with E-state index in [9.17, 15) is 0 Å². The highest BCUT2D eigenvalue weighted by atomic mass is 32.2. The minimum absolute atomic E-state index is 0.307. The van der Waals surface area contributed by atoms with Gasteiger partial charge < -0.3 is 14.9 Å². The van der Waals surface area contributed by atoms with Crippen LogP contribution in [0.5, 0.6) is 17.2 Å². The zero-order chi connectivity index (χ0) is 15.5. The third-order valence-electron chi connectivity index (χ3n) is 2.28. The van der Waals surface area contributed by atoms with Crippen molar-refractivity contribution in [2.75, 3.05) is 12.4 Å². The van der Waals surface area contributed by atoms with Gasteiger partial charge in [-0.2, -0.15) is 0 Å². The molecule has 1 aliphatic heterocycles. The highest BCUT2D eigenvalue weighted by Crippen LogP contribution is 2.35. The number of hydrogen-bond donors (Lipinski definition) is 2. The summed E-state index contributed by atoms with van der Waals surface area (Å²) in [4.78, 5) is 1.04. The van der Waals surface area contributed by atoms with E-state index in [0.717, 1.165) is 23.0 Å². The second-order valence-corrected chi connectivity index (χ2v) is 5.21. The number of hydrogen-bond acceptors (Lipinski definition) is 4. The van der Waals surface area contributed by atoms with Gasteiger partial charge in [0.25, 0.3) is 0 Å². The van der Waals surface area contributed by atoms with E-state index in [2.05, 4.69) is 6.58 Å². The van der Waals surface area contributed by atoms with Crippen LogP contribution in [-0.2, 0) is 0 Å². The largest absolute Gasteiger partial charge is 0.508 e. The summed E-state index contributed by atoms with van der Waals surface area (Å²) in [5, 5.41) is 17.8. The second kappa shape index (κ2) is 9.77. The molecule has 0 radical (unpaired) electrons. The predicted molar refractivity (Wildman–Crippen MR) is 88.3 cm³/mol. The van der Waals surface area contributed by atoms with Crippen LogP contribution in [0.25, 0.3) is 0 Å². The van der Waals surface area contributed by atoms with Crippen LogP contribution in [0.3, 0.4) is 0 Å². The molecule has 0 atom stereocenters. The van der Waals surface area contributed by atoms with E-state index in [1.54, 1.807) is 60.3 Å². The molecule has 3 rings (SSSR count). The summed E-state index contributed by atoms with van der Waals surface area (Å²) >= 11 is 1.72. The van der Waals surface area contributed by atoms with Crippen molar-refractivity contribution < 1.29 is 14.9 Å². The Morgan fingerprint density at radius 3 is 2.33 bits per heavy atom. The summed E-state index contributed by atoms with van der Waals surface area (Å²) in [6, 6.07) is 13.9. The van der Waals surface area contributed by atoms with Crippen LogP contribution in [0.4, 0.5) is 0 Å². The number of ether oxygens (including phenoxy) is 1. The Morgan fingerprint density at radius 1 is 1.10 bits per heavy atom. The zero-order valence-electron chi connectivity index (χ0n) is 12.0. The van der Waals surface area contributed by atoms with Gasteiger partial charge in [-0.3, -0.25) is 0 Å². The Bertz CT molecular complexity index is 541. The number of benzene rings is 2. The summed E-state index contributed by atoms with van der Waals surface area (Å²) in [6.07, 6.45) is 1.75. The summed E-state index contributed by atoms with van der Waals surface area (Å²) in [5.41, 5.74) is 0. The van der Waals surface area contributed by atoms with Crippen molar-refractivity contribution in [3.63, 3.8) is 0 Å². The second-order valence-electron chi connectivity index (χ2n) is 4.07. The van der Waals surface area contributed by atoms with E-state index in [1.165, 1.54) is 0 Å². The standard InChI is InChI=1S/C8H8O2S.C6H6O.C3H6/c9-6-1-2-7-8(5-6)11-4-3-10-7;7-6-4-2-1-3-5-6;1-3-2/h1-2,5,9H,3-4H2;1-5,7H;3H,1H2,2H3. The molecule has 2 aromatic carbocycles. The Kier molecular flexibility index (Phi) is 7.90. The fourth-order valence-electron chi connectivity index (χ4n) is 1.46. The minimum Gasteiger partial charge on any atom is -0.508 e. The number of phenolic OH excluding ortho intramolecular Hbond substituents is 2. The normalized spacial score (nSPS) is 11.5. The van der Waals surface area contributed by atoms with Gasteiger partial charge in [0.2, 0.25) is 0 Å². The van der Waals surface area contributed by atoms with Crippen molar-refractivity contribution in [2.24, 2.45) is 0 Å². The third-order valence-corrected chi connectivity index (χ3v) is 3.28. The number of allylic oxidation sites excluding steroid dienone is 1. The highest BCUT2D eigenvalue weighted by Gasteiger charge is 2.10. The lowest BCUT2D eigenvalue weighted by Crippen LogP contribution is -2.05. The van der Waals surface area contributed by atoms with Gasteiger partial charge in [0.1, 0.15) is 17.2 Å². The molecule has 0 bridgehead atoms. The number of thioether (sulfide) groups is 1. The quantitative estimate of drug-likeness (QED) is 0.705. The van der Waals surface area contributed by atoms with Crippen LogP contribution in [0.2, 0.25) is 0 Å². The summed E-state index contributed by atoms with van der Waals surface area (Å²) < 4.78 is 5.35. The van der Waals surface area contributed by atoms with Gasteiger partial charge in [-0.05, 0) is 37.3 Å². The van der Waals surface area contributed by atoms with Crippen molar-refractivity contribution in [1.29, 1.82) is 0 Å². The maximum atomic E-state index is 9.12. The van der Waals surface area contributed by atoms with Gasteiger partial charge in [0.15, 0.2) is 0 Å². The number of fused-ring (bicyclic) bond motifs is 1. The molecule has 3 nitrogen and oxygen atoms in total. The lowest BCUT2D eigenvalue weighted by molar-refractivity contribution is 0.328. The zero-order valence-corrected chi connectivity index (χ0v) is 12.8. The van der Waals surface area contributed by atoms with Gasteiger partial charge in [0, 0.05) is 5.75 Å². The van der Waals surface area contributed by atoms with Crippen LogP contribution in [0.1, 0.15) is 6.92 Å². The van der Waals surface area contributed by atoms with Gasteiger partial charge in [-0.1, -0.05) is 24.3 Å². The highest BCUT2D eigenvalue weighted by molar-refractivity contribution is 7.99. The summed E-state index contributed by atoms with van der Waals surface area (Å²) in [6.45, 7) is 6.02. The smallest absolute Gasteiger partial charge is 0.133 e. The van der Waals surface area contributed by atoms with Gasteiger partial charge >= 0.3 is 0 Å². The van der Waals surface area contributed by atoms with Crippen LogP contribution >= 0.6 is 11.8 Å². The summed E-state index contributed by atoms with van der Waals surface area (Å²) in [5.74, 6) is 2.49. The first kappa shape index (κ1) is 17.0. The van der Waals surface area contributed by atoms with Crippen LogP contribution < -0.4 is 4.74 Å². The van der Waals surface area contributed by atoms with Gasteiger partial charge in [-0.25, -0.2) is 0 Å². The van der Waals surface area contributed by atoms with E-state index in [1.807, 2.05) is 13.0 Å². The first-order valence-electron chi connectivity index (χ1n) is 6.57. The SMILES string of the molecule is C=CC.Oc1ccc2c(c1)SCCO2.Oc1ccccc1. The molecular weight excluding hydrogens is 284 g/mol. The van der Waals surface area contributed by atoms with Gasteiger partial charge in [0.05, 0.1) is 11.5 Å². The molecule has 0 saturated carbocycles. The van der Waals surface area contributed by atoms with E-state index in [0.29, 0.717) is 11.5 Å². The van der Waals surface area contributed by atoms with Crippen molar-refractivity contribution >= 4 is 11.8 Å². The van der Waals surface area contributed by atoms with Crippen LogP contribution in [-0.4, -0.2) is 22.6 Å². The summed E-state index contributed by atoms with van der Waals surface area (Å²) in [7, 11) is 0. The topological polar surface area (TPSA) is 49.7 Å². The molecule has 2 N–H and O–H groups in total. The Morgan fingerprint density at radius 2 is 1.76 bits per heavy atom. The van der Waals surface area contributed by atoms with Crippen molar-refractivity contribution in [2.45, 2.75) is 11.8 Å². The molecule has 1 aliphatic rings. The first-order valence-corrected chi connectivity index (χ1v) is 7.55. The average molecular weight is 304 g/mol. The molecule has 0 unspecified atom stereocenters. The molecule has 1 heterocycles. The molecule has 0 amide bonds. The van der Waals surface area contributed by atoms with Gasteiger partial charge in [-0.15, -0.1) is 18.3 Å². The van der Waals surface area contributed by atoms with E-state index in [-0.39, 0.29) is 0 Å². The fraction of sp³-hybridized carbons (Fsp3) is 0.176. The first-order chi connectivity index (χ1) is 10.2. The monoisotopic (exact) mass is 304 g/mol.